The Morgan fingerprint density at radius 2 is 1.83 bits per heavy atom. The lowest BCUT2D eigenvalue weighted by Crippen LogP contribution is -2.31. The summed E-state index contributed by atoms with van der Waals surface area (Å²) >= 11 is 0.834. The fourth-order valence-corrected chi connectivity index (χ4v) is 4.09. The maximum Gasteiger partial charge on any atom is 0.416 e. The first-order chi connectivity index (χ1) is 14.2. The second-order valence-electron chi connectivity index (χ2n) is 6.40. The van der Waals surface area contributed by atoms with Crippen molar-refractivity contribution in [2.24, 2.45) is 4.99 Å². The van der Waals surface area contributed by atoms with E-state index in [1.54, 1.807) is 24.3 Å². The average molecular weight is 431 g/mol. The molecule has 0 radical (unpaired) electrons. The SMILES string of the molecule is CC(=O)N1C(=O)/C(=C2\SC(=Nc3cccc(C(F)(F)F)c3)NC2=O)c2ccccc21. The Kier molecular flexibility index (Phi) is 4.73. The van der Waals surface area contributed by atoms with E-state index in [-0.39, 0.29) is 21.3 Å². The van der Waals surface area contributed by atoms with Crippen molar-refractivity contribution >= 4 is 51.6 Å². The largest absolute Gasteiger partial charge is 0.416 e. The third kappa shape index (κ3) is 3.39. The quantitative estimate of drug-likeness (QED) is 0.696. The highest BCUT2D eigenvalue weighted by Gasteiger charge is 2.41. The van der Waals surface area contributed by atoms with Gasteiger partial charge in [0.25, 0.3) is 11.8 Å². The van der Waals surface area contributed by atoms with Crippen LogP contribution in [0, 0.1) is 0 Å². The Labute approximate surface area is 172 Å². The smallest absolute Gasteiger partial charge is 0.300 e. The van der Waals surface area contributed by atoms with E-state index in [0.29, 0.717) is 11.3 Å². The number of hydrogen-bond donors (Lipinski definition) is 1. The highest BCUT2D eigenvalue weighted by atomic mass is 32.2. The number of benzene rings is 2. The number of halogens is 3. The van der Waals surface area contributed by atoms with Gasteiger partial charge in [-0.3, -0.25) is 14.4 Å². The number of imide groups is 1. The van der Waals surface area contributed by atoms with Crippen LogP contribution < -0.4 is 10.2 Å². The molecule has 2 heterocycles. The first-order valence-corrected chi connectivity index (χ1v) is 9.42. The number of rotatable bonds is 1. The highest BCUT2D eigenvalue weighted by molar-refractivity contribution is 8.18. The van der Waals surface area contributed by atoms with E-state index in [1.807, 2.05) is 0 Å². The number of carbonyl (C=O) groups is 3. The van der Waals surface area contributed by atoms with Crippen molar-refractivity contribution in [1.82, 2.24) is 5.32 Å². The molecule has 3 amide bonds. The van der Waals surface area contributed by atoms with Gasteiger partial charge in [-0.05, 0) is 36.0 Å². The third-order valence-corrected chi connectivity index (χ3v) is 5.38. The zero-order chi connectivity index (χ0) is 21.6. The fraction of sp³-hybridized carbons (Fsp3) is 0.100. The second kappa shape index (κ2) is 7.13. The standard InChI is InChI=1S/C20H12F3N3O3S/c1-10(27)26-14-8-3-2-7-13(14)15(18(26)29)16-17(28)25-19(30-16)24-12-6-4-5-11(9-12)20(21,22)23/h2-9H,1H3,(H,24,25,28)/b16-15-. The zero-order valence-corrected chi connectivity index (χ0v) is 16.1. The molecule has 1 fully saturated rings. The van der Waals surface area contributed by atoms with Gasteiger partial charge < -0.3 is 5.32 Å². The molecule has 0 atom stereocenters. The van der Waals surface area contributed by atoms with Crippen LogP contribution in [0.25, 0.3) is 5.57 Å². The number of fused-ring (bicyclic) bond motifs is 1. The molecular weight excluding hydrogens is 419 g/mol. The second-order valence-corrected chi connectivity index (χ2v) is 7.40. The number of amidine groups is 1. The van der Waals surface area contributed by atoms with E-state index in [2.05, 4.69) is 10.3 Å². The van der Waals surface area contributed by atoms with Crippen LogP contribution in [-0.2, 0) is 20.6 Å². The van der Waals surface area contributed by atoms with Crippen molar-refractivity contribution in [1.29, 1.82) is 0 Å². The normalized spacial score (nSPS) is 20.0. The molecule has 2 aromatic rings. The lowest BCUT2D eigenvalue weighted by Gasteiger charge is -2.11. The molecule has 0 aliphatic carbocycles. The van der Waals surface area contributed by atoms with Gasteiger partial charge in [-0.25, -0.2) is 9.89 Å². The molecule has 4 rings (SSSR count). The highest BCUT2D eigenvalue weighted by Crippen LogP contribution is 2.43. The Morgan fingerprint density at radius 1 is 1.10 bits per heavy atom. The van der Waals surface area contributed by atoms with Crippen LogP contribution in [-0.4, -0.2) is 22.9 Å². The lowest BCUT2D eigenvalue weighted by atomic mass is 10.1. The van der Waals surface area contributed by atoms with Crippen LogP contribution in [0.3, 0.4) is 0 Å². The maximum atomic E-state index is 12.9. The minimum absolute atomic E-state index is 0.00221. The van der Waals surface area contributed by atoms with Crippen molar-refractivity contribution in [3.8, 4) is 0 Å². The van der Waals surface area contributed by atoms with Crippen molar-refractivity contribution in [2.45, 2.75) is 13.1 Å². The molecule has 2 aliphatic rings. The van der Waals surface area contributed by atoms with Crippen LogP contribution in [0.5, 0.6) is 0 Å². The molecule has 2 aromatic carbocycles. The van der Waals surface area contributed by atoms with Gasteiger partial charge in [-0.2, -0.15) is 13.2 Å². The molecule has 152 valence electrons. The van der Waals surface area contributed by atoms with Crippen molar-refractivity contribution < 1.29 is 27.6 Å². The first kappa shape index (κ1) is 19.9. The Bertz CT molecular complexity index is 1170. The average Bonchev–Trinajstić information content (AvgIpc) is 3.17. The maximum absolute atomic E-state index is 12.9. The number of nitrogens with zero attached hydrogens (tertiary/aromatic N) is 2. The van der Waals surface area contributed by atoms with Gasteiger partial charge in [0.2, 0.25) is 5.91 Å². The molecule has 0 bridgehead atoms. The molecule has 0 spiro atoms. The number of para-hydroxylation sites is 1. The van der Waals surface area contributed by atoms with E-state index in [1.165, 1.54) is 19.1 Å². The molecule has 10 heteroatoms. The topological polar surface area (TPSA) is 78.8 Å². The van der Waals surface area contributed by atoms with Gasteiger partial charge in [0.1, 0.15) is 0 Å². The van der Waals surface area contributed by atoms with Gasteiger partial charge in [0.15, 0.2) is 5.17 Å². The third-order valence-electron chi connectivity index (χ3n) is 4.40. The number of nitrogens with one attached hydrogen (secondary N) is 1. The number of thioether (sulfide) groups is 1. The van der Waals surface area contributed by atoms with Crippen LogP contribution >= 0.6 is 11.8 Å². The van der Waals surface area contributed by atoms with E-state index >= 15 is 0 Å². The predicted octanol–water partition coefficient (Wildman–Crippen LogP) is 3.86. The minimum Gasteiger partial charge on any atom is -0.300 e. The predicted molar refractivity (Wildman–Crippen MR) is 106 cm³/mol. The van der Waals surface area contributed by atoms with Gasteiger partial charge in [-0.15, -0.1) is 0 Å². The molecule has 6 nitrogen and oxygen atoms in total. The van der Waals surface area contributed by atoms with E-state index in [4.69, 9.17) is 0 Å². The molecule has 1 saturated heterocycles. The van der Waals surface area contributed by atoms with Gasteiger partial charge in [0.05, 0.1) is 27.4 Å². The summed E-state index contributed by atoms with van der Waals surface area (Å²) in [5, 5.41) is 2.50. The number of amides is 3. The molecule has 0 aromatic heterocycles. The van der Waals surface area contributed by atoms with E-state index in [9.17, 15) is 27.6 Å². The summed E-state index contributed by atoms with van der Waals surface area (Å²) in [6.45, 7) is 1.24. The molecule has 1 N–H and O–H groups in total. The number of hydrogen-bond acceptors (Lipinski definition) is 5. The van der Waals surface area contributed by atoms with E-state index < -0.39 is 29.5 Å². The fourth-order valence-electron chi connectivity index (χ4n) is 3.16. The summed E-state index contributed by atoms with van der Waals surface area (Å²) in [6.07, 6.45) is -4.52. The number of anilines is 1. The Hall–Kier alpha value is -3.40. The van der Waals surface area contributed by atoms with Gasteiger partial charge >= 0.3 is 6.18 Å². The molecule has 30 heavy (non-hydrogen) atoms. The summed E-state index contributed by atoms with van der Waals surface area (Å²) in [5.41, 5.74) is -0.0148. The van der Waals surface area contributed by atoms with E-state index in [0.717, 1.165) is 28.8 Å². The van der Waals surface area contributed by atoms with Crippen LogP contribution in [0.4, 0.5) is 24.5 Å². The zero-order valence-electron chi connectivity index (χ0n) is 15.3. The summed E-state index contributed by atoms with van der Waals surface area (Å²) in [7, 11) is 0. The summed E-state index contributed by atoms with van der Waals surface area (Å²) < 4.78 is 38.7. The van der Waals surface area contributed by atoms with Gasteiger partial charge in [0, 0.05) is 12.5 Å². The Balaban J connectivity index is 1.74. The summed E-state index contributed by atoms with van der Waals surface area (Å²) in [4.78, 5) is 42.4. The van der Waals surface area contributed by atoms with Crippen LogP contribution in [0.2, 0.25) is 0 Å². The Morgan fingerprint density at radius 3 is 2.53 bits per heavy atom. The van der Waals surface area contributed by atoms with Crippen LogP contribution in [0.15, 0.2) is 58.4 Å². The number of aliphatic imine (C=N–C) groups is 1. The van der Waals surface area contributed by atoms with Gasteiger partial charge in [-0.1, -0.05) is 24.3 Å². The lowest BCUT2D eigenvalue weighted by molar-refractivity contribution is -0.137. The van der Waals surface area contributed by atoms with Crippen molar-refractivity contribution in [3.63, 3.8) is 0 Å². The van der Waals surface area contributed by atoms with Crippen molar-refractivity contribution in [2.75, 3.05) is 4.90 Å². The molecule has 0 unspecified atom stereocenters. The van der Waals surface area contributed by atoms with Crippen LogP contribution in [0.1, 0.15) is 18.1 Å². The summed E-state index contributed by atoms with van der Waals surface area (Å²) in [5.74, 6) is -1.75. The molecule has 0 saturated carbocycles. The molecule has 2 aliphatic heterocycles. The monoisotopic (exact) mass is 431 g/mol. The summed E-state index contributed by atoms with van der Waals surface area (Å²) in [6, 6.07) is 10.9. The minimum atomic E-state index is -4.52. The van der Waals surface area contributed by atoms with Crippen molar-refractivity contribution in [3.05, 3.63) is 64.6 Å². The first-order valence-electron chi connectivity index (χ1n) is 8.60. The molecular formula is C20H12F3N3O3S. The number of alkyl halides is 3. The number of carbonyl (C=O) groups excluding carboxylic acids is 3.